The number of aromatic amines is 1. The highest BCUT2D eigenvalue weighted by Crippen LogP contribution is 2.29. The molecule has 1 saturated heterocycles. The van der Waals surface area contributed by atoms with E-state index in [0.29, 0.717) is 0 Å². The Balaban J connectivity index is 1.52. The summed E-state index contributed by atoms with van der Waals surface area (Å²) in [6.45, 7) is 2.65. The van der Waals surface area contributed by atoms with E-state index in [2.05, 4.69) is 48.8 Å². The second-order valence-electron chi connectivity index (χ2n) is 6.01. The van der Waals surface area contributed by atoms with Gasteiger partial charge < -0.3 is 4.74 Å². The lowest BCUT2D eigenvalue weighted by atomic mass is 10.0. The molecule has 1 N–H and O–H groups in total. The first-order valence-corrected chi connectivity index (χ1v) is 7.63. The van der Waals surface area contributed by atoms with Crippen LogP contribution >= 0.6 is 0 Å². The Labute approximate surface area is 133 Å². The number of aromatic nitrogens is 6. The van der Waals surface area contributed by atoms with E-state index in [4.69, 9.17) is 4.74 Å². The van der Waals surface area contributed by atoms with Crippen molar-refractivity contribution >= 4 is 11.0 Å². The Bertz CT molecular complexity index is 797. The molecule has 8 nitrogen and oxygen atoms in total. The number of benzene rings is 1. The summed E-state index contributed by atoms with van der Waals surface area (Å²) in [5, 5.41) is 19.1. The summed E-state index contributed by atoms with van der Waals surface area (Å²) < 4.78 is 7.43. The molecule has 8 heteroatoms. The summed E-state index contributed by atoms with van der Waals surface area (Å²) in [4.78, 5) is 2.38. The Kier molecular flexibility index (Phi) is 3.55. The molecule has 1 aromatic carbocycles. The number of nitrogens with one attached hydrogen (secondary N) is 1. The second kappa shape index (κ2) is 5.71. The van der Waals surface area contributed by atoms with Crippen LogP contribution in [0.3, 0.4) is 0 Å². The van der Waals surface area contributed by atoms with Crippen LogP contribution in [-0.2, 0) is 18.3 Å². The number of nitrogens with zero attached hydrogens (tertiary/aromatic N) is 6. The van der Waals surface area contributed by atoms with Crippen molar-refractivity contribution in [3.63, 3.8) is 0 Å². The molecule has 1 aliphatic heterocycles. The Hall–Kier alpha value is -2.32. The van der Waals surface area contributed by atoms with Gasteiger partial charge in [0, 0.05) is 39.7 Å². The number of H-pyrrole nitrogens is 1. The van der Waals surface area contributed by atoms with Crippen LogP contribution in [0.5, 0.6) is 0 Å². The zero-order chi connectivity index (χ0) is 15.8. The first-order valence-electron chi connectivity index (χ1n) is 7.63. The number of ether oxygens (including phenoxy) is 1. The fourth-order valence-electron chi connectivity index (χ4n) is 3.34. The van der Waals surface area contributed by atoms with Crippen molar-refractivity contribution < 1.29 is 4.74 Å². The molecular formula is C15H19N7O. The van der Waals surface area contributed by atoms with Gasteiger partial charge in [-0.2, -0.15) is 15.4 Å². The molecule has 1 aliphatic rings. The zero-order valence-electron chi connectivity index (χ0n) is 13.2. The average molecular weight is 313 g/mol. The molecule has 23 heavy (non-hydrogen) atoms. The molecular weight excluding hydrogens is 294 g/mol. The quantitative estimate of drug-likeness (QED) is 0.763. The molecule has 2 aromatic heterocycles. The molecule has 120 valence electrons. The van der Waals surface area contributed by atoms with Crippen molar-refractivity contribution in [2.24, 2.45) is 7.05 Å². The van der Waals surface area contributed by atoms with E-state index in [9.17, 15) is 0 Å². The second-order valence-corrected chi connectivity index (χ2v) is 6.01. The van der Waals surface area contributed by atoms with Crippen LogP contribution in [0.2, 0.25) is 0 Å². The Morgan fingerprint density at radius 1 is 1.35 bits per heavy atom. The van der Waals surface area contributed by atoms with E-state index >= 15 is 0 Å². The number of rotatable bonds is 4. The number of methoxy groups -OCH3 is 1. The average Bonchev–Trinajstić information content (AvgIpc) is 3.27. The van der Waals surface area contributed by atoms with Gasteiger partial charge in [-0.1, -0.05) is 11.3 Å². The van der Waals surface area contributed by atoms with E-state index in [1.807, 2.05) is 7.05 Å². The number of aryl methyl sites for hydroxylation is 1. The maximum absolute atomic E-state index is 5.64. The lowest BCUT2D eigenvalue weighted by molar-refractivity contribution is 0.0957. The summed E-state index contributed by atoms with van der Waals surface area (Å²) in [7, 11) is 3.66. The molecule has 0 bridgehead atoms. The Morgan fingerprint density at radius 2 is 2.26 bits per heavy atom. The summed E-state index contributed by atoms with van der Waals surface area (Å²) >= 11 is 0. The lowest BCUT2D eigenvalue weighted by Gasteiger charge is -2.15. The summed E-state index contributed by atoms with van der Waals surface area (Å²) in [5.41, 5.74) is 4.17. The molecule has 4 rings (SSSR count). The van der Waals surface area contributed by atoms with Crippen LogP contribution in [0.4, 0.5) is 0 Å². The van der Waals surface area contributed by atoms with Crippen molar-refractivity contribution in [3.8, 4) is 0 Å². The van der Waals surface area contributed by atoms with Crippen molar-refractivity contribution in [2.45, 2.75) is 18.6 Å². The highest BCUT2D eigenvalue weighted by atomic mass is 16.5. The molecule has 3 heterocycles. The molecule has 0 saturated carbocycles. The monoisotopic (exact) mass is 313 g/mol. The highest BCUT2D eigenvalue weighted by molar-refractivity contribution is 5.74. The van der Waals surface area contributed by atoms with Gasteiger partial charge in [-0.3, -0.25) is 4.90 Å². The number of likely N-dealkylation sites (tertiary alicyclic amines) is 1. The third kappa shape index (κ3) is 2.60. The molecule has 3 aromatic rings. The maximum atomic E-state index is 5.64. The minimum Gasteiger partial charge on any atom is -0.379 e. The molecule has 1 fully saturated rings. The van der Waals surface area contributed by atoms with Crippen LogP contribution in [-0.4, -0.2) is 61.6 Å². The van der Waals surface area contributed by atoms with Gasteiger partial charge in [0.05, 0.1) is 23.5 Å². The van der Waals surface area contributed by atoms with E-state index in [1.165, 1.54) is 5.56 Å². The third-order valence-electron chi connectivity index (χ3n) is 4.54. The topological polar surface area (TPSA) is 84.8 Å². The first kappa shape index (κ1) is 14.3. The Morgan fingerprint density at radius 3 is 3.04 bits per heavy atom. The molecule has 0 unspecified atom stereocenters. The number of fused-ring (bicyclic) bond motifs is 1. The van der Waals surface area contributed by atoms with Gasteiger partial charge in [-0.05, 0) is 17.7 Å². The smallest absolute Gasteiger partial charge is 0.113 e. The van der Waals surface area contributed by atoms with E-state index < -0.39 is 0 Å². The van der Waals surface area contributed by atoms with Crippen LogP contribution in [0.25, 0.3) is 11.0 Å². The predicted molar refractivity (Wildman–Crippen MR) is 83.7 cm³/mol. The van der Waals surface area contributed by atoms with Crippen LogP contribution in [0.1, 0.15) is 17.2 Å². The van der Waals surface area contributed by atoms with Gasteiger partial charge in [0.15, 0.2) is 0 Å². The predicted octanol–water partition coefficient (Wildman–Crippen LogP) is 0.701. The SMILES string of the molecule is CO[C@@H]1CN(Cc2ccc3c(c2)nnn3C)C[C@H]1c1cn[nH]n1. The minimum absolute atomic E-state index is 0.139. The van der Waals surface area contributed by atoms with Crippen LogP contribution < -0.4 is 0 Å². The van der Waals surface area contributed by atoms with Crippen molar-refractivity contribution in [3.05, 3.63) is 35.7 Å². The van der Waals surface area contributed by atoms with Crippen molar-refractivity contribution in [1.82, 2.24) is 35.3 Å². The number of hydrogen-bond donors (Lipinski definition) is 1. The van der Waals surface area contributed by atoms with E-state index in [0.717, 1.165) is 36.4 Å². The molecule has 2 atom stereocenters. The fourth-order valence-corrected chi connectivity index (χ4v) is 3.34. The standard InChI is InChI=1S/C15H19N7O/c1-21-14-4-3-10(5-12(14)18-20-21)7-22-8-11(15(9-22)23-2)13-6-16-19-17-13/h3-6,11,15H,7-9H2,1-2H3,(H,16,17,19)/t11-,15+/m0/s1. The lowest BCUT2D eigenvalue weighted by Crippen LogP contribution is -2.22. The van der Waals surface area contributed by atoms with Gasteiger partial charge in [0.25, 0.3) is 0 Å². The van der Waals surface area contributed by atoms with Gasteiger partial charge in [-0.15, -0.1) is 5.10 Å². The third-order valence-corrected chi connectivity index (χ3v) is 4.54. The minimum atomic E-state index is 0.139. The number of hydrogen-bond acceptors (Lipinski definition) is 6. The van der Waals surface area contributed by atoms with Crippen molar-refractivity contribution in [1.29, 1.82) is 0 Å². The van der Waals surface area contributed by atoms with E-state index in [1.54, 1.807) is 18.0 Å². The van der Waals surface area contributed by atoms with Crippen LogP contribution in [0.15, 0.2) is 24.4 Å². The zero-order valence-corrected chi connectivity index (χ0v) is 13.2. The normalized spacial score (nSPS) is 22.2. The molecule has 0 spiro atoms. The summed E-state index contributed by atoms with van der Waals surface area (Å²) in [6, 6.07) is 6.31. The largest absolute Gasteiger partial charge is 0.379 e. The van der Waals surface area contributed by atoms with Gasteiger partial charge >= 0.3 is 0 Å². The van der Waals surface area contributed by atoms with Crippen molar-refractivity contribution in [2.75, 3.05) is 20.2 Å². The summed E-state index contributed by atoms with van der Waals surface area (Å²) in [6.07, 6.45) is 1.92. The molecule has 0 amide bonds. The van der Waals surface area contributed by atoms with E-state index in [-0.39, 0.29) is 12.0 Å². The highest BCUT2D eigenvalue weighted by Gasteiger charge is 2.35. The van der Waals surface area contributed by atoms with Crippen LogP contribution in [0, 0.1) is 0 Å². The maximum Gasteiger partial charge on any atom is 0.113 e. The molecule has 0 radical (unpaired) electrons. The molecule has 0 aliphatic carbocycles. The van der Waals surface area contributed by atoms with Gasteiger partial charge in [0.1, 0.15) is 5.52 Å². The summed E-state index contributed by atoms with van der Waals surface area (Å²) in [5.74, 6) is 0.249. The fraction of sp³-hybridized carbons (Fsp3) is 0.467. The van der Waals surface area contributed by atoms with Gasteiger partial charge in [-0.25, -0.2) is 4.68 Å². The first-order chi connectivity index (χ1) is 11.2. The van der Waals surface area contributed by atoms with Gasteiger partial charge in [0.2, 0.25) is 0 Å².